The van der Waals surface area contributed by atoms with Crippen molar-refractivity contribution >= 4 is 17.4 Å². The van der Waals surface area contributed by atoms with Gasteiger partial charge in [-0.15, -0.1) is 0 Å². The average molecular weight is 242 g/mol. The number of anilines is 1. The van der Waals surface area contributed by atoms with Gasteiger partial charge in [-0.25, -0.2) is 9.97 Å². The molecule has 16 heavy (non-hydrogen) atoms. The maximum atomic E-state index is 5.98. The molecule has 1 fully saturated rings. The lowest BCUT2D eigenvalue weighted by Gasteiger charge is -2.16. The van der Waals surface area contributed by atoms with Gasteiger partial charge in [-0.1, -0.05) is 24.4 Å². The van der Waals surface area contributed by atoms with Crippen LogP contribution in [-0.2, 0) is 0 Å². The molecule has 88 valence electrons. The van der Waals surface area contributed by atoms with Crippen molar-refractivity contribution in [2.75, 3.05) is 5.73 Å². The highest BCUT2D eigenvalue weighted by atomic mass is 35.5. The Bertz CT molecular complexity index is 351. The second-order valence-electron chi connectivity index (χ2n) is 4.11. The van der Waals surface area contributed by atoms with Crippen LogP contribution in [0.1, 0.15) is 38.5 Å². The van der Waals surface area contributed by atoms with Gasteiger partial charge in [0.25, 0.3) is 0 Å². The van der Waals surface area contributed by atoms with Gasteiger partial charge in [0.15, 0.2) is 0 Å². The van der Waals surface area contributed by atoms with Gasteiger partial charge in [0.05, 0.1) is 0 Å². The standard InChI is InChI=1S/C11H16ClN3O/c12-9-10(13)14-7-15-11(9)16-8-5-3-1-2-4-6-8/h7-8H,1-6H2,(H2,13,14,15). The van der Waals surface area contributed by atoms with Crippen molar-refractivity contribution in [3.63, 3.8) is 0 Å². The SMILES string of the molecule is Nc1ncnc(OC2CCCCCC2)c1Cl. The highest BCUT2D eigenvalue weighted by Crippen LogP contribution is 2.29. The first-order chi connectivity index (χ1) is 7.77. The molecule has 1 aliphatic carbocycles. The average Bonchev–Trinajstić information content (AvgIpc) is 2.53. The molecule has 1 heterocycles. The maximum absolute atomic E-state index is 5.98. The Morgan fingerprint density at radius 3 is 2.56 bits per heavy atom. The lowest BCUT2D eigenvalue weighted by Crippen LogP contribution is -2.16. The fourth-order valence-electron chi connectivity index (χ4n) is 1.97. The molecule has 5 heteroatoms. The van der Waals surface area contributed by atoms with Gasteiger partial charge in [0.2, 0.25) is 5.88 Å². The molecule has 4 nitrogen and oxygen atoms in total. The Balaban J connectivity index is 2.04. The first kappa shape index (κ1) is 11.5. The molecule has 0 unspecified atom stereocenters. The lowest BCUT2D eigenvalue weighted by molar-refractivity contribution is 0.176. The van der Waals surface area contributed by atoms with E-state index in [1.165, 1.54) is 32.0 Å². The van der Waals surface area contributed by atoms with Crippen LogP contribution in [0.5, 0.6) is 5.88 Å². The van der Waals surface area contributed by atoms with E-state index in [4.69, 9.17) is 22.1 Å². The topological polar surface area (TPSA) is 61.0 Å². The third-order valence-corrected chi connectivity index (χ3v) is 3.22. The molecule has 0 radical (unpaired) electrons. The largest absolute Gasteiger partial charge is 0.473 e. The number of hydrogen-bond donors (Lipinski definition) is 1. The van der Waals surface area contributed by atoms with Crippen molar-refractivity contribution in [3.05, 3.63) is 11.3 Å². The van der Waals surface area contributed by atoms with Crippen LogP contribution < -0.4 is 10.5 Å². The zero-order chi connectivity index (χ0) is 11.4. The number of aromatic nitrogens is 2. The highest BCUT2D eigenvalue weighted by molar-refractivity contribution is 6.33. The van der Waals surface area contributed by atoms with Crippen LogP contribution in [0, 0.1) is 0 Å². The molecule has 1 aromatic heterocycles. The highest BCUT2D eigenvalue weighted by Gasteiger charge is 2.17. The lowest BCUT2D eigenvalue weighted by atomic mass is 10.1. The molecule has 0 bridgehead atoms. The quantitative estimate of drug-likeness (QED) is 0.809. The van der Waals surface area contributed by atoms with Gasteiger partial charge in [0.1, 0.15) is 23.3 Å². The molecule has 0 aromatic carbocycles. The van der Waals surface area contributed by atoms with Crippen LogP contribution in [0.25, 0.3) is 0 Å². The minimum absolute atomic E-state index is 0.217. The number of ether oxygens (including phenoxy) is 1. The van der Waals surface area contributed by atoms with Crippen LogP contribution in [0.4, 0.5) is 5.82 Å². The molecule has 0 spiro atoms. The number of hydrogen-bond acceptors (Lipinski definition) is 4. The molecule has 0 saturated heterocycles. The van der Waals surface area contributed by atoms with E-state index in [1.54, 1.807) is 0 Å². The van der Waals surface area contributed by atoms with Gasteiger partial charge in [-0.2, -0.15) is 0 Å². The van der Waals surface area contributed by atoms with E-state index in [0.717, 1.165) is 12.8 Å². The summed E-state index contributed by atoms with van der Waals surface area (Å²) < 4.78 is 5.78. The van der Waals surface area contributed by atoms with Crippen molar-refractivity contribution in [3.8, 4) is 5.88 Å². The normalized spacial score (nSPS) is 18.1. The molecule has 0 amide bonds. The first-order valence-corrected chi connectivity index (χ1v) is 6.08. The Morgan fingerprint density at radius 2 is 1.88 bits per heavy atom. The van der Waals surface area contributed by atoms with E-state index in [0.29, 0.717) is 10.9 Å². The maximum Gasteiger partial charge on any atom is 0.238 e. The summed E-state index contributed by atoms with van der Waals surface area (Å²) in [5, 5.41) is 0.326. The smallest absolute Gasteiger partial charge is 0.238 e. The number of nitrogens with zero attached hydrogens (tertiary/aromatic N) is 2. The predicted molar refractivity (Wildman–Crippen MR) is 63.6 cm³/mol. The Hall–Kier alpha value is -1.03. The summed E-state index contributed by atoms with van der Waals surface area (Å²) in [4.78, 5) is 7.82. The summed E-state index contributed by atoms with van der Waals surface area (Å²) in [5.41, 5.74) is 5.59. The first-order valence-electron chi connectivity index (χ1n) is 5.70. The van der Waals surface area contributed by atoms with Crippen LogP contribution in [0.2, 0.25) is 5.02 Å². The Labute approximate surface area is 100 Å². The molecular weight excluding hydrogens is 226 g/mol. The summed E-state index contributed by atoms with van der Waals surface area (Å²) in [6.45, 7) is 0. The van der Waals surface area contributed by atoms with Crippen molar-refractivity contribution in [2.45, 2.75) is 44.6 Å². The number of nitrogen functional groups attached to an aromatic ring is 1. The van der Waals surface area contributed by atoms with E-state index < -0.39 is 0 Å². The zero-order valence-electron chi connectivity index (χ0n) is 9.16. The summed E-state index contributed by atoms with van der Waals surface area (Å²) in [6.07, 6.45) is 8.74. The van der Waals surface area contributed by atoms with Crippen LogP contribution in [0.3, 0.4) is 0 Å². The summed E-state index contributed by atoms with van der Waals surface area (Å²) >= 11 is 5.98. The molecule has 1 saturated carbocycles. The van der Waals surface area contributed by atoms with Gasteiger partial charge >= 0.3 is 0 Å². The van der Waals surface area contributed by atoms with Crippen LogP contribution >= 0.6 is 11.6 Å². The minimum Gasteiger partial charge on any atom is -0.473 e. The Kier molecular flexibility index (Phi) is 3.83. The van der Waals surface area contributed by atoms with Gasteiger partial charge in [0, 0.05) is 0 Å². The fraction of sp³-hybridized carbons (Fsp3) is 0.636. The number of rotatable bonds is 2. The fourth-order valence-corrected chi connectivity index (χ4v) is 2.11. The molecule has 0 atom stereocenters. The predicted octanol–water partition coefficient (Wildman–Crippen LogP) is 2.81. The van der Waals surface area contributed by atoms with Crippen LogP contribution in [-0.4, -0.2) is 16.1 Å². The summed E-state index contributed by atoms with van der Waals surface area (Å²) in [7, 11) is 0. The van der Waals surface area contributed by atoms with Crippen molar-refractivity contribution in [1.29, 1.82) is 0 Å². The molecule has 0 aliphatic heterocycles. The van der Waals surface area contributed by atoms with Crippen molar-refractivity contribution in [1.82, 2.24) is 9.97 Å². The van der Waals surface area contributed by atoms with E-state index in [9.17, 15) is 0 Å². The van der Waals surface area contributed by atoms with E-state index in [-0.39, 0.29) is 11.9 Å². The van der Waals surface area contributed by atoms with E-state index >= 15 is 0 Å². The molecule has 2 rings (SSSR count). The van der Waals surface area contributed by atoms with Crippen LogP contribution in [0.15, 0.2) is 6.33 Å². The van der Waals surface area contributed by atoms with E-state index in [1.807, 2.05) is 0 Å². The van der Waals surface area contributed by atoms with Gasteiger partial charge in [-0.3, -0.25) is 0 Å². The number of halogens is 1. The molecule has 1 aromatic rings. The summed E-state index contributed by atoms with van der Waals surface area (Å²) in [6, 6.07) is 0. The zero-order valence-corrected chi connectivity index (χ0v) is 9.91. The third kappa shape index (κ3) is 2.76. The molecule has 2 N–H and O–H groups in total. The van der Waals surface area contributed by atoms with Gasteiger partial charge in [-0.05, 0) is 25.7 Å². The second-order valence-corrected chi connectivity index (χ2v) is 4.49. The van der Waals surface area contributed by atoms with Crippen molar-refractivity contribution in [2.24, 2.45) is 0 Å². The Morgan fingerprint density at radius 1 is 1.19 bits per heavy atom. The monoisotopic (exact) mass is 241 g/mol. The number of nitrogens with two attached hydrogens (primary N) is 1. The summed E-state index contributed by atoms with van der Waals surface area (Å²) in [5.74, 6) is 0.696. The molecule has 1 aliphatic rings. The van der Waals surface area contributed by atoms with Gasteiger partial charge < -0.3 is 10.5 Å². The minimum atomic E-state index is 0.217. The second kappa shape index (κ2) is 5.34. The third-order valence-electron chi connectivity index (χ3n) is 2.86. The van der Waals surface area contributed by atoms with E-state index in [2.05, 4.69) is 9.97 Å². The van der Waals surface area contributed by atoms with Crippen molar-refractivity contribution < 1.29 is 4.74 Å². The molecular formula is C11H16ClN3O.